The second-order valence-corrected chi connectivity index (χ2v) is 4.74. The minimum atomic E-state index is -0.279. The number of morpholine rings is 1. The number of hydrogen-bond donors (Lipinski definition) is 2. The molecule has 0 spiro atoms. The Morgan fingerprint density at radius 3 is 2.94 bits per heavy atom. The van der Waals surface area contributed by atoms with Gasteiger partial charge in [-0.15, -0.1) is 0 Å². The van der Waals surface area contributed by atoms with E-state index in [0.29, 0.717) is 6.61 Å². The highest BCUT2D eigenvalue weighted by molar-refractivity contribution is 5.96. The second kappa shape index (κ2) is 5.50. The van der Waals surface area contributed by atoms with Crippen LogP contribution in [-0.4, -0.2) is 31.2 Å². The largest absolute Gasteiger partial charge is 0.375 e. The second-order valence-electron chi connectivity index (χ2n) is 4.74. The Morgan fingerprint density at radius 2 is 2.22 bits per heavy atom. The lowest BCUT2D eigenvalue weighted by Gasteiger charge is -2.29. The van der Waals surface area contributed by atoms with Crippen molar-refractivity contribution in [3.8, 4) is 0 Å². The zero-order valence-electron chi connectivity index (χ0n) is 11.1. The van der Waals surface area contributed by atoms with Crippen LogP contribution in [0.2, 0.25) is 0 Å². The van der Waals surface area contributed by atoms with Crippen molar-refractivity contribution in [2.75, 3.05) is 18.5 Å². The fourth-order valence-corrected chi connectivity index (χ4v) is 2.12. The molecule has 0 aromatic heterocycles. The van der Waals surface area contributed by atoms with Crippen molar-refractivity contribution in [2.45, 2.75) is 32.9 Å². The SMILES string of the molecule is Cc1cccc(NC(=O)[C@H]2NCCO[C@@H]2C)c1C. The fourth-order valence-electron chi connectivity index (χ4n) is 2.12. The molecule has 18 heavy (non-hydrogen) atoms. The molecule has 1 aliphatic rings. The van der Waals surface area contributed by atoms with Gasteiger partial charge in [0.05, 0.1) is 12.7 Å². The predicted molar refractivity (Wildman–Crippen MR) is 71.8 cm³/mol. The van der Waals surface area contributed by atoms with Gasteiger partial charge in [-0.3, -0.25) is 4.79 Å². The molecule has 0 unspecified atom stereocenters. The molecule has 1 aromatic carbocycles. The van der Waals surface area contributed by atoms with Crippen LogP contribution >= 0.6 is 0 Å². The number of amides is 1. The molecule has 0 aliphatic carbocycles. The number of ether oxygens (including phenoxy) is 1. The molecule has 1 amide bonds. The van der Waals surface area contributed by atoms with Gasteiger partial charge in [0, 0.05) is 12.2 Å². The lowest BCUT2D eigenvalue weighted by molar-refractivity contribution is -0.123. The van der Waals surface area contributed by atoms with Crippen molar-refractivity contribution in [3.05, 3.63) is 29.3 Å². The molecular weight excluding hydrogens is 228 g/mol. The number of aryl methyl sites for hydroxylation is 1. The van der Waals surface area contributed by atoms with Gasteiger partial charge in [0.1, 0.15) is 6.04 Å². The molecule has 1 aliphatic heterocycles. The van der Waals surface area contributed by atoms with Gasteiger partial charge in [0.15, 0.2) is 0 Å². The van der Waals surface area contributed by atoms with E-state index in [1.54, 1.807) is 0 Å². The molecule has 1 heterocycles. The third kappa shape index (κ3) is 2.71. The van der Waals surface area contributed by atoms with Gasteiger partial charge in [-0.1, -0.05) is 12.1 Å². The molecule has 1 saturated heterocycles. The van der Waals surface area contributed by atoms with Gasteiger partial charge in [0.25, 0.3) is 0 Å². The first-order valence-electron chi connectivity index (χ1n) is 6.31. The zero-order valence-corrected chi connectivity index (χ0v) is 11.1. The van der Waals surface area contributed by atoms with Crippen molar-refractivity contribution >= 4 is 11.6 Å². The summed E-state index contributed by atoms with van der Waals surface area (Å²) in [7, 11) is 0. The maximum atomic E-state index is 12.2. The summed E-state index contributed by atoms with van der Waals surface area (Å²) in [6.45, 7) is 7.35. The Kier molecular flexibility index (Phi) is 3.99. The Hall–Kier alpha value is -1.39. The highest BCUT2D eigenvalue weighted by Crippen LogP contribution is 2.18. The van der Waals surface area contributed by atoms with Crippen molar-refractivity contribution in [2.24, 2.45) is 0 Å². The molecule has 0 radical (unpaired) electrons. The van der Waals surface area contributed by atoms with Gasteiger partial charge in [-0.25, -0.2) is 0 Å². The Bertz CT molecular complexity index is 445. The maximum Gasteiger partial charge on any atom is 0.244 e. The average molecular weight is 248 g/mol. The van der Waals surface area contributed by atoms with Crippen molar-refractivity contribution in [1.29, 1.82) is 0 Å². The molecule has 98 valence electrons. The summed E-state index contributed by atoms with van der Waals surface area (Å²) in [6, 6.07) is 5.63. The molecule has 1 aromatic rings. The molecule has 4 nitrogen and oxygen atoms in total. The van der Waals surface area contributed by atoms with Crippen LogP contribution in [0.1, 0.15) is 18.1 Å². The molecule has 2 rings (SSSR count). The van der Waals surface area contributed by atoms with E-state index in [1.165, 1.54) is 5.56 Å². The normalized spacial score (nSPS) is 23.7. The summed E-state index contributed by atoms with van der Waals surface area (Å²) < 4.78 is 5.48. The first kappa shape index (κ1) is 13.1. The van der Waals surface area contributed by atoms with E-state index in [1.807, 2.05) is 39.0 Å². The first-order chi connectivity index (χ1) is 8.59. The van der Waals surface area contributed by atoms with Gasteiger partial charge in [-0.05, 0) is 38.0 Å². The van der Waals surface area contributed by atoms with Crippen molar-refractivity contribution < 1.29 is 9.53 Å². The molecular formula is C14H20N2O2. The van der Waals surface area contributed by atoms with Crippen LogP contribution in [0, 0.1) is 13.8 Å². The lowest BCUT2D eigenvalue weighted by Crippen LogP contribution is -2.53. The summed E-state index contributed by atoms with van der Waals surface area (Å²) in [5.41, 5.74) is 3.16. The number of carbonyl (C=O) groups excluding carboxylic acids is 1. The summed E-state index contributed by atoms with van der Waals surface area (Å²) in [4.78, 5) is 12.2. The fraction of sp³-hybridized carbons (Fsp3) is 0.500. The molecule has 0 saturated carbocycles. The first-order valence-corrected chi connectivity index (χ1v) is 6.31. The third-order valence-electron chi connectivity index (χ3n) is 3.46. The van der Waals surface area contributed by atoms with Gasteiger partial charge >= 0.3 is 0 Å². The van der Waals surface area contributed by atoms with Crippen LogP contribution in [0.3, 0.4) is 0 Å². The van der Waals surface area contributed by atoms with Crippen LogP contribution in [0.5, 0.6) is 0 Å². The van der Waals surface area contributed by atoms with Crippen LogP contribution in [0.25, 0.3) is 0 Å². The van der Waals surface area contributed by atoms with Crippen molar-refractivity contribution in [1.82, 2.24) is 5.32 Å². The van der Waals surface area contributed by atoms with E-state index in [-0.39, 0.29) is 18.1 Å². The summed E-state index contributed by atoms with van der Waals surface area (Å²) >= 11 is 0. The van der Waals surface area contributed by atoms with E-state index in [2.05, 4.69) is 10.6 Å². The topological polar surface area (TPSA) is 50.4 Å². The smallest absolute Gasteiger partial charge is 0.244 e. The molecule has 0 bridgehead atoms. The zero-order chi connectivity index (χ0) is 13.1. The standard InChI is InChI=1S/C14H20N2O2/c1-9-5-4-6-12(10(9)2)16-14(17)13-11(3)18-8-7-15-13/h4-6,11,13,15H,7-8H2,1-3H3,(H,16,17)/t11-,13+/m1/s1. The minimum Gasteiger partial charge on any atom is -0.375 e. The quantitative estimate of drug-likeness (QED) is 0.836. The van der Waals surface area contributed by atoms with Crippen LogP contribution in [0.15, 0.2) is 18.2 Å². The van der Waals surface area contributed by atoms with E-state index >= 15 is 0 Å². The number of nitrogens with one attached hydrogen (secondary N) is 2. The number of rotatable bonds is 2. The van der Waals surface area contributed by atoms with Gasteiger partial charge in [-0.2, -0.15) is 0 Å². The van der Waals surface area contributed by atoms with Crippen LogP contribution < -0.4 is 10.6 Å². The summed E-state index contributed by atoms with van der Waals surface area (Å²) in [5.74, 6) is -0.0316. The maximum absolute atomic E-state index is 12.2. The average Bonchev–Trinajstić information content (AvgIpc) is 2.35. The Morgan fingerprint density at radius 1 is 1.44 bits per heavy atom. The number of anilines is 1. The highest BCUT2D eigenvalue weighted by atomic mass is 16.5. The van der Waals surface area contributed by atoms with E-state index in [9.17, 15) is 4.79 Å². The number of benzene rings is 1. The molecule has 2 N–H and O–H groups in total. The van der Waals surface area contributed by atoms with E-state index in [4.69, 9.17) is 4.74 Å². The van der Waals surface area contributed by atoms with Crippen LogP contribution in [0.4, 0.5) is 5.69 Å². The van der Waals surface area contributed by atoms with Crippen LogP contribution in [-0.2, 0) is 9.53 Å². The number of carbonyl (C=O) groups is 1. The van der Waals surface area contributed by atoms with E-state index in [0.717, 1.165) is 17.8 Å². The Balaban J connectivity index is 2.09. The highest BCUT2D eigenvalue weighted by Gasteiger charge is 2.28. The lowest BCUT2D eigenvalue weighted by atomic mass is 10.1. The van der Waals surface area contributed by atoms with Gasteiger partial charge in [0.2, 0.25) is 5.91 Å². The molecule has 2 atom stereocenters. The molecule has 1 fully saturated rings. The minimum absolute atomic E-state index is 0.0316. The molecule has 4 heteroatoms. The third-order valence-corrected chi connectivity index (χ3v) is 3.46. The predicted octanol–water partition coefficient (Wildman–Crippen LogP) is 1.62. The van der Waals surface area contributed by atoms with Crippen molar-refractivity contribution in [3.63, 3.8) is 0 Å². The Labute approximate surface area is 108 Å². The number of hydrogen-bond acceptors (Lipinski definition) is 3. The van der Waals surface area contributed by atoms with E-state index < -0.39 is 0 Å². The summed E-state index contributed by atoms with van der Waals surface area (Å²) in [6.07, 6.45) is -0.0936. The monoisotopic (exact) mass is 248 g/mol. The summed E-state index contributed by atoms with van der Waals surface area (Å²) in [5, 5.41) is 6.16. The van der Waals surface area contributed by atoms with Gasteiger partial charge < -0.3 is 15.4 Å².